The Bertz CT molecular complexity index is 695. The van der Waals surface area contributed by atoms with E-state index in [1.165, 1.54) is 0 Å². The molecule has 1 saturated heterocycles. The van der Waals surface area contributed by atoms with E-state index >= 15 is 0 Å². The number of alkyl halides is 3. The molecule has 2 aliphatic rings. The lowest BCUT2D eigenvalue weighted by molar-refractivity contribution is -0.184. The Morgan fingerprint density at radius 2 is 1.96 bits per heavy atom. The van der Waals surface area contributed by atoms with Crippen LogP contribution in [-0.2, 0) is 9.59 Å². The first-order chi connectivity index (χ1) is 12.3. The van der Waals surface area contributed by atoms with Gasteiger partial charge in [-0.25, -0.2) is 0 Å². The van der Waals surface area contributed by atoms with Crippen molar-refractivity contribution < 1.29 is 22.8 Å². The fourth-order valence-electron chi connectivity index (χ4n) is 3.72. The number of nitrogens with one attached hydrogen (secondary N) is 1. The van der Waals surface area contributed by atoms with Crippen molar-refractivity contribution in [3.8, 4) is 0 Å². The number of amides is 2. The minimum Gasteiger partial charge on any atom is -0.353 e. The molecule has 2 amide bonds. The molecule has 1 saturated carbocycles. The first-order valence-electron chi connectivity index (χ1n) is 8.67. The highest BCUT2D eigenvalue weighted by atomic mass is 79.9. The van der Waals surface area contributed by atoms with E-state index in [0.717, 1.165) is 4.47 Å². The highest BCUT2D eigenvalue weighted by Crippen LogP contribution is 2.38. The number of rotatable bonds is 3. The monoisotopic (exact) mass is 432 g/mol. The van der Waals surface area contributed by atoms with Crippen LogP contribution < -0.4 is 10.2 Å². The van der Waals surface area contributed by atoms with Crippen molar-refractivity contribution in [3.05, 3.63) is 28.7 Å². The SMILES string of the molecule is O=C(N[C@@H]1CCC[C@@H](C(F)(F)F)C1)[C@@H]1CC(=O)N(c2ccccc2Br)C1. The number of hydrogen-bond acceptors (Lipinski definition) is 2. The van der Waals surface area contributed by atoms with Crippen LogP contribution in [0.4, 0.5) is 18.9 Å². The Labute approximate surface area is 158 Å². The van der Waals surface area contributed by atoms with E-state index in [1.807, 2.05) is 12.1 Å². The molecule has 8 heteroatoms. The molecule has 0 aromatic heterocycles. The molecule has 1 aromatic rings. The van der Waals surface area contributed by atoms with Crippen molar-refractivity contribution in [1.29, 1.82) is 0 Å². The molecule has 1 N–H and O–H groups in total. The van der Waals surface area contributed by atoms with Crippen molar-refractivity contribution in [2.75, 3.05) is 11.4 Å². The highest BCUT2D eigenvalue weighted by Gasteiger charge is 2.43. The first-order valence-corrected chi connectivity index (χ1v) is 9.47. The first kappa shape index (κ1) is 19.2. The molecule has 1 aliphatic carbocycles. The second-order valence-electron chi connectivity index (χ2n) is 6.97. The van der Waals surface area contributed by atoms with Gasteiger partial charge in [-0.05, 0) is 47.3 Å². The van der Waals surface area contributed by atoms with Crippen LogP contribution in [0, 0.1) is 11.8 Å². The molecule has 26 heavy (non-hydrogen) atoms. The van der Waals surface area contributed by atoms with E-state index in [0.29, 0.717) is 18.5 Å². The van der Waals surface area contributed by atoms with Crippen LogP contribution in [0.15, 0.2) is 28.7 Å². The summed E-state index contributed by atoms with van der Waals surface area (Å²) < 4.78 is 39.5. The van der Waals surface area contributed by atoms with Crippen LogP contribution in [0.5, 0.6) is 0 Å². The van der Waals surface area contributed by atoms with Gasteiger partial charge in [0.2, 0.25) is 11.8 Å². The molecule has 3 atom stereocenters. The molecular weight excluding hydrogens is 413 g/mol. The zero-order valence-corrected chi connectivity index (χ0v) is 15.6. The van der Waals surface area contributed by atoms with Crippen LogP contribution in [0.2, 0.25) is 0 Å². The molecule has 1 aromatic carbocycles. The van der Waals surface area contributed by atoms with Crippen LogP contribution in [0.1, 0.15) is 32.1 Å². The normalized spacial score (nSPS) is 26.8. The highest BCUT2D eigenvalue weighted by molar-refractivity contribution is 9.10. The summed E-state index contributed by atoms with van der Waals surface area (Å²) in [4.78, 5) is 26.3. The Hall–Kier alpha value is -1.57. The third kappa shape index (κ3) is 4.22. The average molecular weight is 433 g/mol. The van der Waals surface area contributed by atoms with E-state index in [1.54, 1.807) is 17.0 Å². The molecule has 1 heterocycles. The number of benzene rings is 1. The van der Waals surface area contributed by atoms with Gasteiger partial charge in [0, 0.05) is 23.5 Å². The lowest BCUT2D eigenvalue weighted by Gasteiger charge is -2.31. The predicted molar refractivity (Wildman–Crippen MR) is 94.5 cm³/mol. The third-order valence-corrected chi connectivity index (χ3v) is 5.79. The number of para-hydroxylation sites is 1. The second kappa shape index (κ2) is 7.58. The quantitative estimate of drug-likeness (QED) is 0.783. The predicted octanol–water partition coefficient (Wildman–Crippen LogP) is 4.04. The Kier molecular flexibility index (Phi) is 5.60. The Balaban J connectivity index is 1.61. The van der Waals surface area contributed by atoms with Crippen LogP contribution in [0.25, 0.3) is 0 Å². The Morgan fingerprint density at radius 3 is 2.65 bits per heavy atom. The zero-order chi connectivity index (χ0) is 18.9. The van der Waals surface area contributed by atoms with E-state index in [-0.39, 0.29) is 37.6 Å². The lowest BCUT2D eigenvalue weighted by Crippen LogP contribution is -2.44. The summed E-state index contributed by atoms with van der Waals surface area (Å²) in [7, 11) is 0. The number of halogens is 4. The molecule has 3 rings (SSSR count). The van der Waals surface area contributed by atoms with Gasteiger partial charge in [-0.2, -0.15) is 13.2 Å². The molecule has 0 bridgehead atoms. The summed E-state index contributed by atoms with van der Waals surface area (Å²) in [6.07, 6.45) is -3.11. The van der Waals surface area contributed by atoms with E-state index in [9.17, 15) is 22.8 Å². The van der Waals surface area contributed by atoms with Crippen molar-refractivity contribution in [1.82, 2.24) is 5.32 Å². The smallest absolute Gasteiger partial charge is 0.353 e. The molecule has 0 unspecified atom stereocenters. The number of anilines is 1. The summed E-state index contributed by atoms with van der Waals surface area (Å²) in [5.41, 5.74) is 0.697. The van der Waals surface area contributed by atoms with Crippen molar-refractivity contribution in [2.24, 2.45) is 11.8 Å². The molecular formula is C18H20BrF3N2O2. The van der Waals surface area contributed by atoms with Gasteiger partial charge in [-0.1, -0.05) is 18.6 Å². The maximum Gasteiger partial charge on any atom is 0.391 e. The van der Waals surface area contributed by atoms with Gasteiger partial charge in [0.1, 0.15) is 0 Å². The summed E-state index contributed by atoms with van der Waals surface area (Å²) in [5.74, 6) is -2.39. The number of carbonyl (C=O) groups is 2. The molecule has 0 spiro atoms. The van der Waals surface area contributed by atoms with Gasteiger partial charge < -0.3 is 10.2 Å². The summed E-state index contributed by atoms with van der Waals surface area (Å²) in [6, 6.07) is 6.76. The van der Waals surface area contributed by atoms with Crippen molar-refractivity contribution in [2.45, 2.75) is 44.3 Å². The maximum absolute atomic E-state index is 12.9. The molecule has 1 aliphatic heterocycles. The summed E-state index contributed by atoms with van der Waals surface area (Å²) in [5, 5.41) is 2.74. The molecule has 142 valence electrons. The standard InChI is InChI=1S/C18H20BrF3N2O2/c19-14-6-1-2-7-15(14)24-10-11(8-16(24)25)17(26)23-13-5-3-4-12(9-13)18(20,21)22/h1-2,6-7,11-13H,3-5,8-10H2,(H,23,26)/t11-,12-,13-/m1/s1. The van der Waals surface area contributed by atoms with Crippen LogP contribution >= 0.6 is 15.9 Å². The zero-order valence-electron chi connectivity index (χ0n) is 14.1. The minimum absolute atomic E-state index is 0.0720. The largest absolute Gasteiger partial charge is 0.391 e. The second-order valence-corrected chi connectivity index (χ2v) is 7.82. The van der Waals surface area contributed by atoms with E-state index < -0.39 is 24.1 Å². The van der Waals surface area contributed by atoms with Crippen LogP contribution in [-0.4, -0.2) is 30.6 Å². The summed E-state index contributed by atoms with van der Waals surface area (Å²) in [6.45, 7) is 0.239. The number of nitrogens with zero attached hydrogens (tertiary/aromatic N) is 1. The van der Waals surface area contributed by atoms with Gasteiger partial charge in [0.25, 0.3) is 0 Å². The van der Waals surface area contributed by atoms with Gasteiger partial charge >= 0.3 is 6.18 Å². The molecule has 0 radical (unpaired) electrons. The number of carbonyl (C=O) groups excluding carboxylic acids is 2. The maximum atomic E-state index is 12.9. The summed E-state index contributed by atoms with van der Waals surface area (Å²) >= 11 is 3.39. The minimum atomic E-state index is -4.22. The van der Waals surface area contributed by atoms with Gasteiger partial charge in [-0.15, -0.1) is 0 Å². The lowest BCUT2D eigenvalue weighted by atomic mass is 9.85. The topological polar surface area (TPSA) is 49.4 Å². The van der Waals surface area contributed by atoms with Crippen molar-refractivity contribution in [3.63, 3.8) is 0 Å². The van der Waals surface area contributed by atoms with Gasteiger partial charge in [-0.3, -0.25) is 9.59 Å². The number of hydrogen-bond donors (Lipinski definition) is 1. The molecule has 2 fully saturated rings. The van der Waals surface area contributed by atoms with E-state index in [2.05, 4.69) is 21.2 Å². The van der Waals surface area contributed by atoms with Crippen LogP contribution in [0.3, 0.4) is 0 Å². The van der Waals surface area contributed by atoms with Gasteiger partial charge in [0.05, 0.1) is 17.5 Å². The molecule has 4 nitrogen and oxygen atoms in total. The van der Waals surface area contributed by atoms with E-state index in [4.69, 9.17) is 0 Å². The fourth-order valence-corrected chi connectivity index (χ4v) is 4.22. The fraction of sp³-hybridized carbons (Fsp3) is 0.556. The van der Waals surface area contributed by atoms with Crippen molar-refractivity contribution >= 4 is 33.4 Å². The Morgan fingerprint density at radius 1 is 1.23 bits per heavy atom. The van der Waals surface area contributed by atoms with Gasteiger partial charge in [0.15, 0.2) is 0 Å². The third-order valence-electron chi connectivity index (χ3n) is 5.12. The average Bonchev–Trinajstić information content (AvgIpc) is 2.97.